The summed E-state index contributed by atoms with van der Waals surface area (Å²) < 4.78 is 5.30. The van der Waals surface area contributed by atoms with Crippen molar-refractivity contribution < 1.29 is 9.52 Å². The molecule has 1 aliphatic heterocycles. The van der Waals surface area contributed by atoms with Gasteiger partial charge in [-0.25, -0.2) is 4.99 Å². The molecule has 0 radical (unpaired) electrons. The Kier molecular flexibility index (Phi) is 11.2. The molecule has 7 heteroatoms. The van der Waals surface area contributed by atoms with Crippen molar-refractivity contribution in [1.82, 2.24) is 15.5 Å². The van der Waals surface area contributed by atoms with E-state index in [-0.39, 0.29) is 30.5 Å². The molecule has 26 heavy (non-hydrogen) atoms. The molecule has 150 valence electrons. The zero-order valence-corrected chi connectivity index (χ0v) is 18.5. The monoisotopic (exact) mass is 478 g/mol. The maximum atomic E-state index is 10.5. The SMILES string of the molecule is CCNC(=NCC(C)(O)c1ccco1)NCCCN1CCCCCC1.I. The number of aliphatic hydroxyl groups is 1. The molecule has 1 saturated heterocycles. The van der Waals surface area contributed by atoms with Gasteiger partial charge in [-0.05, 0) is 64.9 Å². The number of hydrogen-bond acceptors (Lipinski definition) is 4. The van der Waals surface area contributed by atoms with Crippen molar-refractivity contribution in [2.24, 2.45) is 4.99 Å². The van der Waals surface area contributed by atoms with Gasteiger partial charge < -0.3 is 25.1 Å². The fourth-order valence-corrected chi connectivity index (χ4v) is 3.11. The van der Waals surface area contributed by atoms with Crippen molar-refractivity contribution in [1.29, 1.82) is 0 Å². The highest BCUT2D eigenvalue weighted by atomic mass is 127. The third kappa shape index (κ3) is 8.26. The lowest BCUT2D eigenvalue weighted by molar-refractivity contribution is 0.0437. The molecule has 0 bridgehead atoms. The van der Waals surface area contributed by atoms with Crippen LogP contribution in [0.25, 0.3) is 0 Å². The van der Waals surface area contributed by atoms with E-state index in [9.17, 15) is 5.11 Å². The Labute approximate surface area is 174 Å². The molecule has 1 fully saturated rings. The number of halogens is 1. The lowest BCUT2D eigenvalue weighted by Gasteiger charge is -2.21. The van der Waals surface area contributed by atoms with Crippen LogP contribution in [0.3, 0.4) is 0 Å². The van der Waals surface area contributed by atoms with Gasteiger partial charge in [0.25, 0.3) is 0 Å². The Bertz CT molecular complexity index is 498. The predicted molar refractivity (Wildman–Crippen MR) is 117 cm³/mol. The zero-order valence-electron chi connectivity index (χ0n) is 16.2. The van der Waals surface area contributed by atoms with Gasteiger partial charge in [0, 0.05) is 13.1 Å². The maximum Gasteiger partial charge on any atom is 0.191 e. The van der Waals surface area contributed by atoms with Crippen LogP contribution in [-0.4, -0.2) is 55.2 Å². The first-order chi connectivity index (χ1) is 12.1. The Balaban J connectivity index is 0.00000338. The molecule has 1 unspecified atom stereocenters. The van der Waals surface area contributed by atoms with Crippen LogP contribution < -0.4 is 10.6 Å². The Morgan fingerprint density at radius 2 is 2.00 bits per heavy atom. The molecular formula is C19H35IN4O2. The Morgan fingerprint density at radius 1 is 1.27 bits per heavy atom. The number of likely N-dealkylation sites (tertiary alicyclic amines) is 1. The van der Waals surface area contributed by atoms with E-state index in [0.717, 1.165) is 32.0 Å². The number of rotatable bonds is 8. The molecular weight excluding hydrogens is 443 g/mol. The first-order valence-corrected chi connectivity index (χ1v) is 9.63. The second kappa shape index (κ2) is 12.6. The summed E-state index contributed by atoms with van der Waals surface area (Å²) >= 11 is 0. The van der Waals surface area contributed by atoms with Gasteiger partial charge in [0.1, 0.15) is 11.4 Å². The number of guanidine groups is 1. The van der Waals surface area contributed by atoms with Gasteiger partial charge in [0.2, 0.25) is 0 Å². The molecule has 0 spiro atoms. The summed E-state index contributed by atoms with van der Waals surface area (Å²) in [6.45, 7) is 9.29. The summed E-state index contributed by atoms with van der Waals surface area (Å²) in [6, 6.07) is 3.55. The van der Waals surface area contributed by atoms with Crippen LogP contribution in [0, 0.1) is 0 Å². The summed E-state index contributed by atoms with van der Waals surface area (Å²) in [5, 5.41) is 17.1. The van der Waals surface area contributed by atoms with Crippen LogP contribution in [0.2, 0.25) is 0 Å². The van der Waals surface area contributed by atoms with Crippen LogP contribution in [0.4, 0.5) is 0 Å². The van der Waals surface area contributed by atoms with E-state index >= 15 is 0 Å². The average molecular weight is 478 g/mol. The van der Waals surface area contributed by atoms with Crippen molar-refractivity contribution in [2.75, 3.05) is 39.3 Å². The fraction of sp³-hybridized carbons (Fsp3) is 0.737. The van der Waals surface area contributed by atoms with Crippen LogP contribution in [0.5, 0.6) is 0 Å². The van der Waals surface area contributed by atoms with Crippen LogP contribution in [0.15, 0.2) is 27.8 Å². The van der Waals surface area contributed by atoms with E-state index in [4.69, 9.17) is 4.42 Å². The minimum absolute atomic E-state index is 0. The van der Waals surface area contributed by atoms with Gasteiger partial charge >= 0.3 is 0 Å². The molecule has 0 aromatic carbocycles. The summed E-state index contributed by atoms with van der Waals surface area (Å²) in [5.74, 6) is 1.28. The smallest absolute Gasteiger partial charge is 0.191 e. The molecule has 3 N–H and O–H groups in total. The zero-order chi connectivity index (χ0) is 18.0. The standard InChI is InChI=1S/C19H34N4O2.HI/c1-3-20-18(22-16-19(2,24)17-10-8-15-25-17)21-11-9-14-23-12-6-4-5-7-13-23;/h8,10,15,24H,3-7,9,11-14,16H2,1-2H3,(H2,20,21,22);1H. The van der Waals surface area contributed by atoms with Crippen LogP contribution in [0.1, 0.15) is 51.7 Å². The summed E-state index contributed by atoms with van der Waals surface area (Å²) in [6.07, 6.45) is 8.08. The highest BCUT2D eigenvalue weighted by Crippen LogP contribution is 2.21. The molecule has 6 nitrogen and oxygen atoms in total. The van der Waals surface area contributed by atoms with Crippen LogP contribution >= 0.6 is 24.0 Å². The second-order valence-electron chi connectivity index (χ2n) is 6.98. The Hall–Kier alpha value is -0.800. The molecule has 0 amide bonds. The quantitative estimate of drug-likeness (QED) is 0.232. The molecule has 1 aromatic rings. The number of nitrogens with one attached hydrogen (secondary N) is 2. The van der Waals surface area contributed by atoms with Gasteiger partial charge in [0.05, 0.1) is 12.8 Å². The first-order valence-electron chi connectivity index (χ1n) is 9.63. The van der Waals surface area contributed by atoms with Crippen molar-refractivity contribution in [3.8, 4) is 0 Å². The average Bonchev–Trinajstić information content (AvgIpc) is 3.03. The number of aliphatic imine (C=N–C) groups is 1. The van der Waals surface area contributed by atoms with E-state index in [1.54, 1.807) is 25.3 Å². The van der Waals surface area contributed by atoms with Crippen LogP contribution in [-0.2, 0) is 5.60 Å². The molecule has 2 rings (SSSR count). The van der Waals surface area contributed by atoms with Gasteiger partial charge in [-0.15, -0.1) is 24.0 Å². The molecule has 0 aliphatic carbocycles. The van der Waals surface area contributed by atoms with E-state index in [1.165, 1.54) is 38.8 Å². The molecule has 2 heterocycles. The lowest BCUT2D eigenvalue weighted by atomic mass is 10.0. The Morgan fingerprint density at radius 3 is 2.62 bits per heavy atom. The highest BCUT2D eigenvalue weighted by Gasteiger charge is 2.26. The van der Waals surface area contributed by atoms with Gasteiger partial charge in [-0.1, -0.05) is 12.8 Å². The normalized spacial score (nSPS) is 18.5. The molecule has 1 aliphatic rings. The van der Waals surface area contributed by atoms with E-state index in [0.29, 0.717) is 5.76 Å². The highest BCUT2D eigenvalue weighted by molar-refractivity contribution is 14.0. The van der Waals surface area contributed by atoms with E-state index in [2.05, 4.69) is 20.5 Å². The predicted octanol–water partition coefficient (Wildman–Crippen LogP) is 2.93. The molecule has 1 aromatic heterocycles. The van der Waals surface area contributed by atoms with Crippen molar-refractivity contribution in [3.63, 3.8) is 0 Å². The first kappa shape index (κ1) is 23.2. The topological polar surface area (TPSA) is 73.0 Å². The molecule has 1 atom stereocenters. The molecule has 0 saturated carbocycles. The minimum atomic E-state index is -1.10. The summed E-state index contributed by atoms with van der Waals surface area (Å²) in [5.41, 5.74) is -1.10. The maximum absolute atomic E-state index is 10.5. The number of nitrogens with zero attached hydrogens (tertiary/aromatic N) is 2. The largest absolute Gasteiger partial charge is 0.466 e. The summed E-state index contributed by atoms with van der Waals surface area (Å²) in [7, 11) is 0. The van der Waals surface area contributed by atoms with Crippen molar-refractivity contribution in [2.45, 2.75) is 51.6 Å². The fourth-order valence-electron chi connectivity index (χ4n) is 3.11. The van der Waals surface area contributed by atoms with Gasteiger partial charge in [-0.3, -0.25) is 0 Å². The third-order valence-electron chi connectivity index (χ3n) is 4.58. The van der Waals surface area contributed by atoms with E-state index in [1.807, 2.05) is 6.92 Å². The van der Waals surface area contributed by atoms with Crippen molar-refractivity contribution >= 4 is 29.9 Å². The number of hydrogen-bond donors (Lipinski definition) is 3. The lowest BCUT2D eigenvalue weighted by Crippen LogP contribution is -2.40. The van der Waals surface area contributed by atoms with E-state index < -0.39 is 5.60 Å². The van der Waals surface area contributed by atoms with Crippen molar-refractivity contribution in [3.05, 3.63) is 24.2 Å². The number of furan rings is 1. The van der Waals surface area contributed by atoms with Gasteiger partial charge in [0.15, 0.2) is 5.96 Å². The van der Waals surface area contributed by atoms with Gasteiger partial charge in [-0.2, -0.15) is 0 Å². The summed E-state index contributed by atoms with van der Waals surface area (Å²) in [4.78, 5) is 7.08. The minimum Gasteiger partial charge on any atom is -0.466 e. The third-order valence-corrected chi connectivity index (χ3v) is 4.58. The second-order valence-corrected chi connectivity index (χ2v) is 6.98.